The van der Waals surface area contributed by atoms with Crippen LogP contribution in [0.2, 0.25) is 0 Å². The summed E-state index contributed by atoms with van der Waals surface area (Å²) in [5.41, 5.74) is 1.34. The van der Waals surface area contributed by atoms with Crippen molar-refractivity contribution in [3.8, 4) is 0 Å². The number of hydrogen-bond donors (Lipinski definition) is 2. The Morgan fingerprint density at radius 3 is 2.68 bits per heavy atom. The molecule has 22 heavy (non-hydrogen) atoms. The van der Waals surface area contributed by atoms with E-state index in [4.69, 9.17) is 0 Å². The van der Waals surface area contributed by atoms with Crippen LogP contribution < -0.4 is 15.5 Å². The Kier molecular flexibility index (Phi) is 6.35. The van der Waals surface area contributed by atoms with Gasteiger partial charge in [-0.25, -0.2) is 0 Å². The van der Waals surface area contributed by atoms with Crippen molar-refractivity contribution in [2.24, 2.45) is 16.8 Å². The van der Waals surface area contributed by atoms with Crippen molar-refractivity contribution in [1.82, 2.24) is 10.6 Å². The van der Waals surface area contributed by atoms with Crippen molar-refractivity contribution < 1.29 is 0 Å². The average Bonchev–Trinajstić information content (AvgIpc) is 3.02. The molecule has 1 aliphatic carbocycles. The first-order valence-electron chi connectivity index (χ1n) is 8.03. The number of halogens is 1. The van der Waals surface area contributed by atoms with Crippen LogP contribution >= 0.6 is 24.0 Å². The smallest absolute Gasteiger partial charge is 0.191 e. The third-order valence-electron chi connectivity index (χ3n) is 4.62. The van der Waals surface area contributed by atoms with E-state index in [1.54, 1.807) is 0 Å². The number of para-hydroxylation sites is 1. The Morgan fingerprint density at radius 2 is 2.05 bits per heavy atom. The second-order valence-corrected chi connectivity index (χ2v) is 6.35. The number of anilines is 1. The summed E-state index contributed by atoms with van der Waals surface area (Å²) in [5, 5.41) is 6.97. The van der Waals surface area contributed by atoms with E-state index in [1.807, 2.05) is 7.05 Å². The molecule has 0 radical (unpaired) electrons. The Hall–Kier alpha value is -0.980. The number of nitrogens with zero attached hydrogens (tertiary/aromatic N) is 2. The normalized spacial score (nSPS) is 27.3. The number of rotatable bonds is 4. The van der Waals surface area contributed by atoms with Gasteiger partial charge in [-0.2, -0.15) is 0 Å². The van der Waals surface area contributed by atoms with Crippen molar-refractivity contribution in [3.05, 3.63) is 30.3 Å². The van der Waals surface area contributed by atoms with Crippen LogP contribution in [0.3, 0.4) is 0 Å². The fraction of sp³-hybridized carbons (Fsp3) is 0.588. The predicted octanol–water partition coefficient (Wildman–Crippen LogP) is 2.70. The van der Waals surface area contributed by atoms with Crippen molar-refractivity contribution in [2.75, 3.05) is 31.6 Å². The van der Waals surface area contributed by atoms with E-state index in [0.717, 1.165) is 31.5 Å². The van der Waals surface area contributed by atoms with Crippen molar-refractivity contribution in [2.45, 2.75) is 25.8 Å². The van der Waals surface area contributed by atoms with Crippen LogP contribution in [0.25, 0.3) is 0 Å². The van der Waals surface area contributed by atoms with Gasteiger partial charge in [-0.3, -0.25) is 4.99 Å². The molecule has 122 valence electrons. The fourth-order valence-electron chi connectivity index (χ4n) is 3.01. The molecule has 3 atom stereocenters. The lowest BCUT2D eigenvalue weighted by Gasteiger charge is -2.19. The average molecular weight is 414 g/mol. The molecule has 0 bridgehead atoms. The molecule has 1 aromatic rings. The first-order chi connectivity index (χ1) is 10.3. The maximum atomic E-state index is 4.32. The molecule has 5 heteroatoms. The quantitative estimate of drug-likeness (QED) is 0.452. The van der Waals surface area contributed by atoms with E-state index in [2.05, 4.69) is 57.8 Å². The van der Waals surface area contributed by atoms with Crippen LogP contribution in [-0.4, -0.2) is 38.7 Å². The molecule has 3 unspecified atom stereocenters. The first kappa shape index (κ1) is 17.4. The highest BCUT2D eigenvalue weighted by Gasteiger charge is 2.33. The Labute approximate surface area is 150 Å². The Bertz CT molecular complexity index is 491. The Balaban J connectivity index is 0.00000176. The van der Waals surface area contributed by atoms with Crippen molar-refractivity contribution in [3.63, 3.8) is 0 Å². The molecule has 2 N–H and O–H groups in total. The topological polar surface area (TPSA) is 39.7 Å². The van der Waals surface area contributed by atoms with Gasteiger partial charge in [-0.15, -0.1) is 24.0 Å². The Morgan fingerprint density at radius 1 is 1.32 bits per heavy atom. The number of guanidine groups is 1. The fourth-order valence-corrected chi connectivity index (χ4v) is 3.01. The molecule has 2 aliphatic rings. The maximum Gasteiger partial charge on any atom is 0.191 e. The molecule has 0 amide bonds. The number of aliphatic imine (C=N–C) groups is 1. The van der Waals surface area contributed by atoms with Crippen molar-refractivity contribution in [1.29, 1.82) is 0 Å². The van der Waals surface area contributed by atoms with Gasteiger partial charge in [0.05, 0.1) is 0 Å². The summed E-state index contributed by atoms with van der Waals surface area (Å²) < 4.78 is 0. The zero-order chi connectivity index (χ0) is 14.7. The summed E-state index contributed by atoms with van der Waals surface area (Å²) in [4.78, 5) is 6.80. The molecule has 4 nitrogen and oxygen atoms in total. The largest absolute Gasteiger partial charge is 0.371 e. The lowest BCUT2D eigenvalue weighted by Crippen LogP contribution is -2.41. The predicted molar refractivity (Wildman–Crippen MR) is 104 cm³/mol. The molecule has 1 saturated heterocycles. The molecule has 1 aliphatic heterocycles. The minimum atomic E-state index is 0. The van der Waals surface area contributed by atoms with Crippen LogP contribution in [-0.2, 0) is 0 Å². The van der Waals surface area contributed by atoms with Gasteiger partial charge in [0.15, 0.2) is 5.96 Å². The van der Waals surface area contributed by atoms with Gasteiger partial charge < -0.3 is 15.5 Å². The summed E-state index contributed by atoms with van der Waals surface area (Å²) in [6.07, 6.45) is 2.52. The molecule has 1 heterocycles. The SMILES string of the molecule is CN=C(NCC1CCN(c2ccccc2)C1)NC1CC1C.I. The molecule has 0 aromatic heterocycles. The molecule has 1 saturated carbocycles. The summed E-state index contributed by atoms with van der Waals surface area (Å²) >= 11 is 0. The molecule has 1 aromatic carbocycles. The summed E-state index contributed by atoms with van der Waals surface area (Å²) in [6, 6.07) is 11.3. The summed E-state index contributed by atoms with van der Waals surface area (Å²) in [6.45, 7) is 5.57. The van der Waals surface area contributed by atoms with Crippen LogP contribution in [0, 0.1) is 11.8 Å². The van der Waals surface area contributed by atoms with Gasteiger partial charge >= 0.3 is 0 Å². The van der Waals surface area contributed by atoms with Gasteiger partial charge in [0.2, 0.25) is 0 Å². The van der Waals surface area contributed by atoms with Gasteiger partial charge in [-0.1, -0.05) is 25.1 Å². The van der Waals surface area contributed by atoms with Gasteiger partial charge in [0.1, 0.15) is 0 Å². The minimum Gasteiger partial charge on any atom is -0.371 e. The first-order valence-corrected chi connectivity index (χ1v) is 8.03. The maximum absolute atomic E-state index is 4.32. The standard InChI is InChI=1S/C17H26N4.HI/c1-13-10-16(13)20-17(18-2)19-11-14-8-9-21(12-14)15-6-4-3-5-7-15;/h3-7,13-14,16H,8-12H2,1-2H3,(H2,18,19,20);1H. The van der Waals surface area contributed by atoms with Gasteiger partial charge in [0.25, 0.3) is 0 Å². The zero-order valence-corrected chi connectivity index (χ0v) is 15.8. The highest BCUT2D eigenvalue weighted by Crippen LogP contribution is 2.28. The highest BCUT2D eigenvalue weighted by molar-refractivity contribution is 14.0. The summed E-state index contributed by atoms with van der Waals surface area (Å²) in [5.74, 6) is 2.45. The van der Waals surface area contributed by atoms with Gasteiger partial charge in [-0.05, 0) is 36.8 Å². The number of hydrogen-bond acceptors (Lipinski definition) is 2. The minimum absolute atomic E-state index is 0. The number of nitrogens with one attached hydrogen (secondary N) is 2. The second kappa shape index (κ2) is 8.04. The van der Waals surface area contributed by atoms with E-state index < -0.39 is 0 Å². The molecule has 2 fully saturated rings. The third kappa shape index (κ3) is 4.51. The van der Waals surface area contributed by atoms with Crippen molar-refractivity contribution >= 4 is 35.6 Å². The van der Waals surface area contributed by atoms with E-state index in [1.165, 1.54) is 18.5 Å². The second-order valence-electron chi connectivity index (χ2n) is 6.35. The van der Waals surface area contributed by atoms with E-state index in [9.17, 15) is 0 Å². The third-order valence-corrected chi connectivity index (χ3v) is 4.62. The van der Waals surface area contributed by atoms with E-state index >= 15 is 0 Å². The number of benzene rings is 1. The van der Waals surface area contributed by atoms with E-state index in [-0.39, 0.29) is 24.0 Å². The monoisotopic (exact) mass is 414 g/mol. The highest BCUT2D eigenvalue weighted by atomic mass is 127. The van der Waals surface area contributed by atoms with E-state index in [0.29, 0.717) is 12.0 Å². The van der Waals surface area contributed by atoms with Crippen LogP contribution in [0.15, 0.2) is 35.3 Å². The zero-order valence-electron chi connectivity index (χ0n) is 13.5. The lowest BCUT2D eigenvalue weighted by molar-refractivity contribution is 0.564. The molecule has 0 spiro atoms. The van der Waals surface area contributed by atoms with Crippen LogP contribution in [0.4, 0.5) is 5.69 Å². The summed E-state index contributed by atoms with van der Waals surface area (Å²) in [7, 11) is 1.85. The molecule has 3 rings (SSSR count). The van der Waals surface area contributed by atoms with Crippen LogP contribution in [0.1, 0.15) is 19.8 Å². The molecular formula is C17H27IN4. The van der Waals surface area contributed by atoms with Crippen LogP contribution in [0.5, 0.6) is 0 Å². The molecular weight excluding hydrogens is 387 g/mol. The van der Waals surface area contributed by atoms with Gasteiger partial charge in [0, 0.05) is 38.4 Å². The lowest BCUT2D eigenvalue weighted by atomic mass is 10.1.